The van der Waals surface area contributed by atoms with Crippen LogP contribution in [0.4, 0.5) is 0 Å². The first-order valence-electron chi connectivity index (χ1n) is 4.83. The van der Waals surface area contributed by atoms with Gasteiger partial charge >= 0.3 is 0 Å². The predicted octanol–water partition coefficient (Wildman–Crippen LogP) is 2.48. The Morgan fingerprint density at radius 2 is 2.57 bits per heavy atom. The van der Waals surface area contributed by atoms with Gasteiger partial charge in [0.05, 0.1) is 13.2 Å². The first-order chi connectivity index (χ1) is 6.66. The van der Waals surface area contributed by atoms with E-state index in [1.165, 1.54) is 5.57 Å². The van der Waals surface area contributed by atoms with Crippen molar-refractivity contribution >= 4 is 0 Å². The monoisotopic (exact) mass is 194 g/mol. The van der Waals surface area contributed by atoms with Crippen LogP contribution in [0.3, 0.4) is 0 Å². The third-order valence-corrected chi connectivity index (χ3v) is 2.28. The Hall–Kier alpha value is -0.860. The molecule has 2 atom stereocenters. The van der Waals surface area contributed by atoms with Crippen molar-refractivity contribution in [2.45, 2.75) is 26.1 Å². The van der Waals surface area contributed by atoms with Gasteiger partial charge in [-0.2, -0.15) is 0 Å². The lowest BCUT2D eigenvalue weighted by molar-refractivity contribution is -0.0112. The van der Waals surface area contributed by atoms with Crippen molar-refractivity contribution in [2.24, 2.45) is 0 Å². The molecule has 0 fully saturated rings. The number of hydrogen-bond donors (Lipinski definition) is 0. The lowest BCUT2D eigenvalue weighted by Crippen LogP contribution is -2.31. The van der Waals surface area contributed by atoms with Gasteiger partial charge in [0.15, 0.2) is 0 Å². The SMILES string of the molecule is C=CCO[C@@H](C(=C)C)[C@@H]1OCC=C1C. The van der Waals surface area contributed by atoms with Gasteiger partial charge in [-0.15, -0.1) is 6.58 Å². The van der Waals surface area contributed by atoms with Gasteiger partial charge in [-0.1, -0.05) is 18.7 Å². The Balaban J connectivity index is 2.62. The maximum atomic E-state index is 5.62. The van der Waals surface area contributed by atoms with Crippen molar-refractivity contribution in [3.05, 3.63) is 36.5 Å². The molecular formula is C12H18O2. The zero-order valence-corrected chi connectivity index (χ0v) is 8.95. The van der Waals surface area contributed by atoms with Gasteiger partial charge in [0.1, 0.15) is 12.2 Å². The molecule has 0 N–H and O–H groups in total. The van der Waals surface area contributed by atoms with Crippen LogP contribution in [0.5, 0.6) is 0 Å². The molecular weight excluding hydrogens is 176 g/mol. The summed E-state index contributed by atoms with van der Waals surface area (Å²) in [7, 11) is 0. The van der Waals surface area contributed by atoms with Crippen molar-refractivity contribution in [1.29, 1.82) is 0 Å². The highest BCUT2D eigenvalue weighted by atomic mass is 16.5. The third kappa shape index (κ3) is 2.56. The van der Waals surface area contributed by atoms with E-state index in [0.29, 0.717) is 13.2 Å². The zero-order valence-electron chi connectivity index (χ0n) is 8.95. The molecule has 0 amide bonds. The van der Waals surface area contributed by atoms with E-state index < -0.39 is 0 Å². The Morgan fingerprint density at radius 3 is 3.00 bits per heavy atom. The fraction of sp³-hybridized carbons (Fsp3) is 0.500. The van der Waals surface area contributed by atoms with Crippen molar-refractivity contribution in [3.63, 3.8) is 0 Å². The van der Waals surface area contributed by atoms with Gasteiger partial charge in [-0.3, -0.25) is 0 Å². The van der Waals surface area contributed by atoms with Crippen LogP contribution in [0.15, 0.2) is 36.5 Å². The number of rotatable bonds is 5. The maximum Gasteiger partial charge on any atom is 0.109 e. The van der Waals surface area contributed by atoms with Crippen LogP contribution >= 0.6 is 0 Å². The molecule has 1 aliphatic heterocycles. The summed E-state index contributed by atoms with van der Waals surface area (Å²) < 4.78 is 11.2. The summed E-state index contributed by atoms with van der Waals surface area (Å²) >= 11 is 0. The molecule has 1 heterocycles. The molecule has 2 nitrogen and oxygen atoms in total. The number of hydrogen-bond acceptors (Lipinski definition) is 2. The maximum absolute atomic E-state index is 5.62. The van der Waals surface area contributed by atoms with E-state index in [2.05, 4.69) is 26.2 Å². The summed E-state index contributed by atoms with van der Waals surface area (Å²) in [5, 5.41) is 0. The first-order valence-corrected chi connectivity index (χ1v) is 4.83. The highest BCUT2D eigenvalue weighted by Crippen LogP contribution is 2.23. The van der Waals surface area contributed by atoms with E-state index in [1.54, 1.807) is 6.08 Å². The molecule has 1 aliphatic rings. The van der Waals surface area contributed by atoms with Gasteiger partial charge in [0.25, 0.3) is 0 Å². The van der Waals surface area contributed by atoms with Crippen LogP contribution in [0.25, 0.3) is 0 Å². The highest BCUT2D eigenvalue weighted by Gasteiger charge is 2.27. The average molecular weight is 194 g/mol. The van der Waals surface area contributed by atoms with E-state index in [0.717, 1.165) is 5.57 Å². The second-order valence-corrected chi connectivity index (χ2v) is 3.59. The summed E-state index contributed by atoms with van der Waals surface area (Å²) in [4.78, 5) is 0. The molecule has 78 valence electrons. The number of ether oxygens (including phenoxy) is 2. The van der Waals surface area contributed by atoms with Gasteiger partial charge in [-0.05, 0) is 25.0 Å². The fourth-order valence-electron chi connectivity index (χ4n) is 1.52. The second kappa shape index (κ2) is 5.13. The smallest absolute Gasteiger partial charge is 0.109 e. The minimum atomic E-state index is -0.0493. The Morgan fingerprint density at radius 1 is 1.86 bits per heavy atom. The minimum absolute atomic E-state index is 0.0347. The summed E-state index contributed by atoms with van der Waals surface area (Å²) in [6.45, 7) is 12.8. The lowest BCUT2D eigenvalue weighted by Gasteiger charge is -2.24. The predicted molar refractivity (Wildman–Crippen MR) is 58.2 cm³/mol. The van der Waals surface area contributed by atoms with Gasteiger partial charge < -0.3 is 9.47 Å². The quantitative estimate of drug-likeness (QED) is 0.626. The molecule has 0 radical (unpaired) electrons. The summed E-state index contributed by atoms with van der Waals surface area (Å²) in [5.41, 5.74) is 2.22. The van der Waals surface area contributed by atoms with Crippen molar-refractivity contribution in [1.82, 2.24) is 0 Å². The topological polar surface area (TPSA) is 18.5 Å². The Bertz CT molecular complexity index is 253. The molecule has 14 heavy (non-hydrogen) atoms. The van der Waals surface area contributed by atoms with Crippen LogP contribution in [0.1, 0.15) is 13.8 Å². The van der Waals surface area contributed by atoms with Crippen LogP contribution < -0.4 is 0 Å². The van der Waals surface area contributed by atoms with Crippen LogP contribution in [-0.2, 0) is 9.47 Å². The normalized spacial score (nSPS) is 23.0. The van der Waals surface area contributed by atoms with Gasteiger partial charge in [0, 0.05) is 0 Å². The Kier molecular flexibility index (Phi) is 4.11. The largest absolute Gasteiger partial charge is 0.367 e. The molecule has 0 aromatic carbocycles. The summed E-state index contributed by atoms with van der Waals surface area (Å²) in [6.07, 6.45) is 3.81. The molecule has 0 aliphatic carbocycles. The molecule has 0 aromatic rings. The molecule has 0 spiro atoms. The molecule has 1 rings (SSSR count). The Labute approximate surface area is 85.9 Å². The van der Waals surface area contributed by atoms with Crippen molar-refractivity contribution in [3.8, 4) is 0 Å². The minimum Gasteiger partial charge on any atom is -0.367 e. The zero-order chi connectivity index (χ0) is 10.6. The van der Waals surface area contributed by atoms with E-state index in [4.69, 9.17) is 9.47 Å². The molecule has 2 heteroatoms. The summed E-state index contributed by atoms with van der Waals surface area (Å²) in [6, 6.07) is 0. The van der Waals surface area contributed by atoms with E-state index in [-0.39, 0.29) is 12.2 Å². The van der Waals surface area contributed by atoms with Crippen molar-refractivity contribution < 1.29 is 9.47 Å². The molecule has 0 unspecified atom stereocenters. The average Bonchev–Trinajstić information content (AvgIpc) is 2.52. The summed E-state index contributed by atoms with van der Waals surface area (Å²) in [5.74, 6) is 0. The highest BCUT2D eigenvalue weighted by molar-refractivity contribution is 5.18. The standard InChI is InChI=1S/C12H18O2/c1-5-7-13-11(9(2)3)12-10(4)6-8-14-12/h5-6,11-12H,1-2,7-8H2,3-4H3/t11-,12+/m0/s1. The van der Waals surface area contributed by atoms with E-state index in [1.807, 2.05) is 6.92 Å². The fourth-order valence-corrected chi connectivity index (χ4v) is 1.52. The third-order valence-electron chi connectivity index (χ3n) is 2.28. The van der Waals surface area contributed by atoms with Crippen LogP contribution in [0.2, 0.25) is 0 Å². The van der Waals surface area contributed by atoms with E-state index >= 15 is 0 Å². The molecule has 0 bridgehead atoms. The van der Waals surface area contributed by atoms with Crippen molar-refractivity contribution in [2.75, 3.05) is 13.2 Å². The van der Waals surface area contributed by atoms with Crippen LogP contribution in [-0.4, -0.2) is 25.4 Å². The van der Waals surface area contributed by atoms with Gasteiger partial charge in [-0.25, -0.2) is 0 Å². The molecule has 0 aromatic heterocycles. The van der Waals surface area contributed by atoms with Crippen LogP contribution in [0, 0.1) is 0 Å². The molecule has 0 saturated heterocycles. The van der Waals surface area contributed by atoms with Gasteiger partial charge in [0.2, 0.25) is 0 Å². The second-order valence-electron chi connectivity index (χ2n) is 3.59. The molecule has 0 saturated carbocycles. The lowest BCUT2D eigenvalue weighted by atomic mass is 10.0. The van der Waals surface area contributed by atoms with E-state index in [9.17, 15) is 0 Å². The first kappa shape index (κ1) is 11.2.